The highest BCUT2D eigenvalue weighted by atomic mass is 16.5. The van der Waals surface area contributed by atoms with Crippen molar-refractivity contribution in [2.45, 2.75) is 26.7 Å². The molecule has 0 aliphatic heterocycles. The second-order valence-corrected chi connectivity index (χ2v) is 5.59. The summed E-state index contributed by atoms with van der Waals surface area (Å²) in [6.07, 6.45) is 2.79. The zero-order valence-corrected chi connectivity index (χ0v) is 14.7. The van der Waals surface area contributed by atoms with Crippen molar-refractivity contribution in [3.8, 4) is 11.4 Å². The number of hydrogen-bond donors (Lipinski definition) is 1. The van der Waals surface area contributed by atoms with E-state index in [1.165, 1.54) is 11.1 Å². The smallest absolute Gasteiger partial charge is 0.323 e. The van der Waals surface area contributed by atoms with E-state index in [2.05, 4.69) is 5.10 Å². The van der Waals surface area contributed by atoms with E-state index in [-0.39, 0.29) is 12.5 Å². The first-order chi connectivity index (χ1) is 12.0. The third kappa shape index (κ3) is 4.17. The maximum absolute atomic E-state index is 12.8. The van der Waals surface area contributed by atoms with Crippen molar-refractivity contribution in [1.82, 2.24) is 14.7 Å². The van der Waals surface area contributed by atoms with Gasteiger partial charge in [-0.25, -0.2) is 4.68 Å². The van der Waals surface area contributed by atoms with Crippen LogP contribution < -0.4 is 4.74 Å². The molecule has 1 heterocycles. The first-order valence-corrected chi connectivity index (χ1v) is 8.24. The lowest BCUT2D eigenvalue weighted by Gasteiger charge is -2.20. The minimum absolute atomic E-state index is 0.305. The largest absolute Gasteiger partial charge is 0.497 e. The number of nitrogens with zero attached hydrogens (tertiary/aromatic N) is 3. The standard InChI is InChI=1S/C18H23N3O4/c1-4-10-20(12-17(22)23)18(24)15-11-19-21(16(15)5-2)13-6-8-14(25-3)9-7-13/h6-9,11H,4-5,10,12H2,1-3H3,(H,22,23). The Hall–Kier alpha value is -2.83. The molecular formula is C18H23N3O4. The predicted octanol–water partition coefficient (Wildman–Crippen LogP) is 2.38. The molecule has 0 aliphatic carbocycles. The fourth-order valence-electron chi connectivity index (χ4n) is 2.69. The Morgan fingerprint density at radius 1 is 1.24 bits per heavy atom. The molecule has 0 aliphatic rings. The number of methoxy groups -OCH3 is 1. The first kappa shape index (κ1) is 18.5. The highest BCUT2D eigenvalue weighted by molar-refractivity contribution is 5.96. The minimum atomic E-state index is -1.03. The number of carbonyl (C=O) groups excluding carboxylic acids is 1. The van der Waals surface area contributed by atoms with Gasteiger partial charge in [0.15, 0.2) is 0 Å². The zero-order valence-electron chi connectivity index (χ0n) is 14.7. The molecule has 0 saturated carbocycles. The predicted molar refractivity (Wildman–Crippen MR) is 93.3 cm³/mol. The van der Waals surface area contributed by atoms with Crippen LogP contribution >= 0.6 is 0 Å². The van der Waals surface area contributed by atoms with E-state index in [1.54, 1.807) is 11.8 Å². The molecule has 0 atom stereocenters. The van der Waals surface area contributed by atoms with Gasteiger partial charge in [0.2, 0.25) is 0 Å². The molecule has 134 valence electrons. The molecule has 1 aromatic carbocycles. The van der Waals surface area contributed by atoms with Gasteiger partial charge in [0.05, 0.1) is 30.3 Å². The van der Waals surface area contributed by atoms with Crippen LogP contribution in [0.25, 0.3) is 5.69 Å². The summed E-state index contributed by atoms with van der Waals surface area (Å²) >= 11 is 0. The van der Waals surface area contributed by atoms with E-state index in [0.29, 0.717) is 24.9 Å². The van der Waals surface area contributed by atoms with E-state index in [1.807, 2.05) is 38.1 Å². The Bertz CT molecular complexity index is 737. The fourth-order valence-corrected chi connectivity index (χ4v) is 2.69. The van der Waals surface area contributed by atoms with Crippen LogP contribution in [0.2, 0.25) is 0 Å². The molecule has 0 spiro atoms. The molecule has 2 rings (SSSR count). The topological polar surface area (TPSA) is 84.7 Å². The number of hydrogen-bond acceptors (Lipinski definition) is 4. The number of carboxylic acids is 1. The minimum Gasteiger partial charge on any atom is -0.497 e. The molecule has 1 amide bonds. The van der Waals surface area contributed by atoms with Crippen molar-refractivity contribution in [2.75, 3.05) is 20.2 Å². The van der Waals surface area contributed by atoms with Gasteiger partial charge in [0, 0.05) is 6.54 Å². The molecule has 0 bridgehead atoms. The van der Waals surface area contributed by atoms with Gasteiger partial charge in [-0.2, -0.15) is 5.10 Å². The lowest BCUT2D eigenvalue weighted by atomic mass is 10.1. The lowest BCUT2D eigenvalue weighted by Crippen LogP contribution is -2.36. The molecule has 0 radical (unpaired) electrons. The summed E-state index contributed by atoms with van der Waals surface area (Å²) in [6.45, 7) is 3.92. The third-order valence-corrected chi connectivity index (χ3v) is 3.86. The van der Waals surface area contributed by atoms with Crippen LogP contribution in [0.5, 0.6) is 5.75 Å². The molecule has 1 aromatic heterocycles. The third-order valence-electron chi connectivity index (χ3n) is 3.86. The van der Waals surface area contributed by atoms with Crippen LogP contribution in [0.1, 0.15) is 36.3 Å². The normalized spacial score (nSPS) is 10.5. The number of rotatable bonds is 8. The van der Waals surface area contributed by atoms with E-state index in [4.69, 9.17) is 9.84 Å². The van der Waals surface area contributed by atoms with Crippen molar-refractivity contribution in [2.24, 2.45) is 0 Å². The van der Waals surface area contributed by atoms with Gasteiger partial charge in [-0.15, -0.1) is 0 Å². The maximum atomic E-state index is 12.8. The summed E-state index contributed by atoms with van der Waals surface area (Å²) < 4.78 is 6.86. The zero-order chi connectivity index (χ0) is 18.4. The number of benzene rings is 1. The lowest BCUT2D eigenvalue weighted by molar-refractivity contribution is -0.137. The molecule has 7 nitrogen and oxygen atoms in total. The Kier molecular flexibility index (Phi) is 6.16. The van der Waals surface area contributed by atoms with Gasteiger partial charge < -0.3 is 14.7 Å². The van der Waals surface area contributed by atoms with E-state index < -0.39 is 5.97 Å². The van der Waals surface area contributed by atoms with Crippen LogP contribution in [0.4, 0.5) is 0 Å². The van der Waals surface area contributed by atoms with Crippen molar-refractivity contribution >= 4 is 11.9 Å². The fraction of sp³-hybridized carbons (Fsp3) is 0.389. The molecule has 25 heavy (non-hydrogen) atoms. The average molecular weight is 345 g/mol. The number of aliphatic carboxylic acids is 1. The van der Waals surface area contributed by atoms with Crippen LogP contribution in [0.15, 0.2) is 30.5 Å². The van der Waals surface area contributed by atoms with Crippen molar-refractivity contribution in [1.29, 1.82) is 0 Å². The van der Waals surface area contributed by atoms with Crippen LogP contribution in [-0.2, 0) is 11.2 Å². The van der Waals surface area contributed by atoms with Gasteiger partial charge in [0.1, 0.15) is 12.3 Å². The second kappa shape index (κ2) is 8.32. The van der Waals surface area contributed by atoms with Gasteiger partial charge in [-0.1, -0.05) is 13.8 Å². The quantitative estimate of drug-likeness (QED) is 0.794. The second-order valence-electron chi connectivity index (χ2n) is 5.59. The number of amides is 1. The summed E-state index contributed by atoms with van der Waals surface area (Å²) in [4.78, 5) is 25.2. The van der Waals surface area contributed by atoms with Gasteiger partial charge in [0.25, 0.3) is 5.91 Å². The highest BCUT2D eigenvalue weighted by Gasteiger charge is 2.23. The van der Waals surface area contributed by atoms with Crippen LogP contribution in [0.3, 0.4) is 0 Å². The summed E-state index contributed by atoms with van der Waals surface area (Å²) in [6, 6.07) is 7.37. The van der Waals surface area contributed by atoms with E-state index >= 15 is 0 Å². The Morgan fingerprint density at radius 3 is 2.44 bits per heavy atom. The molecule has 0 unspecified atom stereocenters. The Labute approximate surface area is 146 Å². The summed E-state index contributed by atoms with van der Waals surface area (Å²) in [5.41, 5.74) is 2.01. The highest BCUT2D eigenvalue weighted by Crippen LogP contribution is 2.20. The summed E-state index contributed by atoms with van der Waals surface area (Å²) in [7, 11) is 1.60. The van der Waals surface area contributed by atoms with Crippen molar-refractivity contribution in [3.63, 3.8) is 0 Å². The summed E-state index contributed by atoms with van der Waals surface area (Å²) in [5.74, 6) is -0.593. The number of carbonyl (C=O) groups is 2. The van der Waals surface area contributed by atoms with Gasteiger partial charge in [-0.05, 0) is 37.1 Å². The number of ether oxygens (including phenoxy) is 1. The Balaban J connectivity index is 2.37. The maximum Gasteiger partial charge on any atom is 0.323 e. The number of aromatic nitrogens is 2. The first-order valence-electron chi connectivity index (χ1n) is 8.24. The van der Waals surface area contributed by atoms with Crippen molar-refractivity contribution < 1.29 is 19.4 Å². The number of carboxylic acid groups (broad SMARTS) is 1. The molecule has 1 N–H and O–H groups in total. The average Bonchev–Trinajstić information content (AvgIpc) is 3.04. The van der Waals surface area contributed by atoms with Crippen molar-refractivity contribution in [3.05, 3.63) is 41.7 Å². The van der Waals surface area contributed by atoms with Gasteiger partial charge in [-0.3, -0.25) is 9.59 Å². The van der Waals surface area contributed by atoms with E-state index in [9.17, 15) is 9.59 Å². The molecule has 0 saturated heterocycles. The molecule has 0 fully saturated rings. The SMILES string of the molecule is CCCN(CC(=O)O)C(=O)c1cnn(-c2ccc(OC)cc2)c1CC. The molecule has 2 aromatic rings. The van der Waals surface area contributed by atoms with Crippen LogP contribution in [0, 0.1) is 0 Å². The Morgan fingerprint density at radius 2 is 1.92 bits per heavy atom. The molecule has 7 heteroatoms. The monoisotopic (exact) mass is 345 g/mol. The molecular weight excluding hydrogens is 322 g/mol. The van der Waals surface area contributed by atoms with Crippen LogP contribution in [-0.4, -0.2) is 51.9 Å². The van der Waals surface area contributed by atoms with E-state index in [0.717, 1.165) is 17.1 Å². The summed E-state index contributed by atoms with van der Waals surface area (Å²) in [5, 5.41) is 13.4. The van der Waals surface area contributed by atoms with Gasteiger partial charge >= 0.3 is 5.97 Å².